The molecule has 86 valence electrons. The van der Waals surface area contributed by atoms with E-state index in [4.69, 9.17) is 0 Å². The largest absolute Gasteiger partial charge is 0.359 e. The second-order valence-corrected chi connectivity index (χ2v) is 5.43. The van der Waals surface area contributed by atoms with Crippen LogP contribution in [0, 0.1) is 0 Å². The van der Waals surface area contributed by atoms with Gasteiger partial charge in [0.25, 0.3) is 0 Å². The van der Waals surface area contributed by atoms with E-state index in [0.717, 1.165) is 0 Å². The van der Waals surface area contributed by atoms with Gasteiger partial charge in [0.05, 0.1) is 5.75 Å². The Kier molecular flexibility index (Phi) is 4.28. The number of amides is 1. The van der Waals surface area contributed by atoms with Gasteiger partial charge in [-0.2, -0.15) is 0 Å². The first-order valence-corrected chi connectivity index (χ1v) is 6.60. The smallest absolute Gasteiger partial charge is 0.219 e. The SMILES string of the molecule is CNC(=O)CCCNC1C=CS(=O)(=O)C1. The van der Waals surface area contributed by atoms with Gasteiger partial charge in [0.15, 0.2) is 9.84 Å². The molecule has 0 spiro atoms. The lowest BCUT2D eigenvalue weighted by atomic mass is 10.2. The van der Waals surface area contributed by atoms with Crippen molar-refractivity contribution < 1.29 is 13.2 Å². The van der Waals surface area contributed by atoms with E-state index >= 15 is 0 Å². The van der Waals surface area contributed by atoms with Crippen molar-refractivity contribution in [1.82, 2.24) is 10.6 Å². The lowest BCUT2D eigenvalue weighted by molar-refractivity contribution is -0.120. The van der Waals surface area contributed by atoms with Gasteiger partial charge < -0.3 is 10.6 Å². The Hall–Kier alpha value is -0.880. The van der Waals surface area contributed by atoms with Crippen molar-refractivity contribution in [3.63, 3.8) is 0 Å². The average molecular weight is 232 g/mol. The number of nitrogens with one attached hydrogen (secondary N) is 2. The van der Waals surface area contributed by atoms with Crippen LogP contribution in [0.25, 0.3) is 0 Å². The molecular weight excluding hydrogens is 216 g/mol. The summed E-state index contributed by atoms with van der Waals surface area (Å²) in [4.78, 5) is 10.9. The molecule has 0 saturated carbocycles. The fraction of sp³-hybridized carbons (Fsp3) is 0.667. The molecule has 0 aromatic carbocycles. The van der Waals surface area contributed by atoms with Crippen molar-refractivity contribution in [2.24, 2.45) is 0 Å². The van der Waals surface area contributed by atoms with Gasteiger partial charge >= 0.3 is 0 Å². The zero-order chi connectivity index (χ0) is 11.3. The minimum atomic E-state index is -2.98. The number of rotatable bonds is 5. The molecule has 1 amide bonds. The van der Waals surface area contributed by atoms with Crippen molar-refractivity contribution >= 4 is 15.7 Å². The first kappa shape index (κ1) is 12.2. The molecule has 2 N–H and O–H groups in total. The zero-order valence-corrected chi connectivity index (χ0v) is 9.51. The standard InChI is InChI=1S/C9H16N2O3S/c1-10-9(12)3-2-5-11-8-4-6-15(13,14)7-8/h4,6,8,11H,2-3,5,7H2,1H3,(H,10,12). The predicted octanol–water partition coefficient (Wildman–Crippen LogP) is -0.587. The Bertz CT molecular complexity index is 348. The van der Waals surface area contributed by atoms with Crippen molar-refractivity contribution in [2.75, 3.05) is 19.3 Å². The molecule has 0 bridgehead atoms. The van der Waals surface area contributed by atoms with Crippen LogP contribution in [-0.2, 0) is 14.6 Å². The molecule has 0 aliphatic carbocycles. The summed E-state index contributed by atoms with van der Waals surface area (Å²) in [5, 5.41) is 6.84. The molecule has 1 aliphatic rings. The van der Waals surface area contributed by atoms with E-state index < -0.39 is 9.84 Å². The second-order valence-electron chi connectivity index (χ2n) is 3.50. The first-order chi connectivity index (χ1) is 7.03. The van der Waals surface area contributed by atoms with Gasteiger partial charge in [-0.1, -0.05) is 6.08 Å². The summed E-state index contributed by atoms with van der Waals surface area (Å²) in [6.45, 7) is 0.651. The van der Waals surface area contributed by atoms with E-state index in [0.29, 0.717) is 19.4 Å². The molecule has 1 unspecified atom stereocenters. The third-order valence-electron chi connectivity index (χ3n) is 2.20. The monoisotopic (exact) mass is 232 g/mol. The maximum atomic E-state index is 11.0. The number of hydrogen-bond donors (Lipinski definition) is 2. The van der Waals surface area contributed by atoms with Crippen molar-refractivity contribution in [3.8, 4) is 0 Å². The summed E-state index contributed by atoms with van der Waals surface area (Å²) >= 11 is 0. The van der Waals surface area contributed by atoms with Gasteiger partial charge in [0.2, 0.25) is 5.91 Å². The summed E-state index contributed by atoms with van der Waals surface area (Å²) in [6.07, 6.45) is 2.83. The number of carbonyl (C=O) groups is 1. The van der Waals surface area contributed by atoms with Crippen molar-refractivity contribution in [3.05, 3.63) is 11.5 Å². The van der Waals surface area contributed by atoms with Gasteiger partial charge in [-0.05, 0) is 13.0 Å². The Morgan fingerprint density at radius 2 is 2.27 bits per heavy atom. The highest BCUT2D eigenvalue weighted by Crippen LogP contribution is 2.07. The molecule has 1 atom stereocenters. The van der Waals surface area contributed by atoms with E-state index in [-0.39, 0.29) is 17.7 Å². The fourth-order valence-electron chi connectivity index (χ4n) is 1.36. The minimum Gasteiger partial charge on any atom is -0.359 e. The number of carbonyl (C=O) groups excluding carboxylic acids is 1. The summed E-state index contributed by atoms with van der Waals surface area (Å²) < 4.78 is 22.1. The van der Waals surface area contributed by atoms with Crippen LogP contribution in [0.4, 0.5) is 0 Å². The van der Waals surface area contributed by atoms with Crippen LogP contribution in [-0.4, -0.2) is 39.7 Å². The van der Waals surface area contributed by atoms with Gasteiger partial charge in [-0.25, -0.2) is 8.42 Å². The number of hydrogen-bond acceptors (Lipinski definition) is 4. The van der Waals surface area contributed by atoms with Crippen LogP contribution < -0.4 is 10.6 Å². The van der Waals surface area contributed by atoms with E-state index in [9.17, 15) is 13.2 Å². The van der Waals surface area contributed by atoms with E-state index in [1.165, 1.54) is 5.41 Å². The maximum absolute atomic E-state index is 11.0. The zero-order valence-electron chi connectivity index (χ0n) is 8.69. The molecule has 0 aromatic rings. The first-order valence-electron chi connectivity index (χ1n) is 4.88. The van der Waals surface area contributed by atoms with E-state index in [1.54, 1.807) is 13.1 Å². The van der Waals surface area contributed by atoms with Crippen molar-refractivity contribution in [1.29, 1.82) is 0 Å². The normalized spacial score (nSPS) is 22.9. The summed E-state index contributed by atoms with van der Waals surface area (Å²) in [5.41, 5.74) is 0. The molecule has 1 rings (SSSR count). The predicted molar refractivity (Wildman–Crippen MR) is 58.0 cm³/mol. The van der Waals surface area contributed by atoms with Crippen LogP contribution in [0.1, 0.15) is 12.8 Å². The molecule has 0 saturated heterocycles. The van der Waals surface area contributed by atoms with Crippen LogP contribution in [0.5, 0.6) is 0 Å². The fourth-order valence-corrected chi connectivity index (χ4v) is 2.63. The van der Waals surface area contributed by atoms with E-state index in [2.05, 4.69) is 10.6 Å². The third kappa shape index (κ3) is 4.44. The number of sulfone groups is 1. The maximum Gasteiger partial charge on any atom is 0.219 e. The van der Waals surface area contributed by atoms with Gasteiger partial charge in [-0.15, -0.1) is 0 Å². The summed E-state index contributed by atoms with van der Waals surface area (Å²) in [6, 6.07) is -0.0975. The van der Waals surface area contributed by atoms with Crippen LogP contribution in [0.2, 0.25) is 0 Å². The summed E-state index contributed by atoms with van der Waals surface area (Å²) in [7, 11) is -1.38. The highest BCUT2D eigenvalue weighted by Gasteiger charge is 2.20. The van der Waals surface area contributed by atoms with Gasteiger partial charge in [-0.3, -0.25) is 4.79 Å². The van der Waals surface area contributed by atoms with Crippen molar-refractivity contribution in [2.45, 2.75) is 18.9 Å². The van der Waals surface area contributed by atoms with Crippen LogP contribution in [0.3, 0.4) is 0 Å². The van der Waals surface area contributed by atoms with Gasteiger partial charge in [0, 0.05) is 24.9 Å². The Balaban J connectivity index is 2.13. The Morgan fingerprint density at radius 3 is 2.80 bits per heavy atom. The Labute approximate surface area is 89.8 Å². The minimum absolute atomic E-state index is 0.00591. The van der Waals surface area contributed by atoms with Crippen LogP contribution in [0.15, 0.2) is 11.5 Å². The molecule has 0 fully saturated rings. The second kappa shape index (κ2) is 5.27. The molecule has 15 heavy (non-hydrogen) atoms. The molecule has 0 radical (unpaired) electrons. The quantitative estimate of drug-likeness (QED) is 0.621. The lowest BCUT2D eigenvalue weighted by Crippen LogP contribution is -2.31. The molecule has 1 aliphatic heterocycles. The topological polar surface area (TPSA) is 75.3 Å². The average Bonchev–Trinajstić information content (AvgIpc) is 2.52. The lowest BCUT2D eigenvalue weighted by Gasteiger charge is -2.08. The van der Waals surface area contributed by atoms with E-state index in [1.807, 2.05) is 0 Å². The highest BCUT2D eigenvalue weighted by atomic mass is 32.2. The van der Waals surface area contributed by atoms with Gasteiger partial charge in [0.1, 0.15) is 0 Å². The summed E-state index contributed by atoms with van der Waals surface area (Å²) in [5.74, 6) is 0.138. The molecular formula is C9H16N2O3S. The Morgan fingerprint density at radius 1 is 1.53 bits per heavy atom. The van der Waals surface area contributed by atoms with Crippen LogP contribution >= 0.6 is 0 Å². The molecule has 5 nitrogen and oxygen atoms in total. The molecule has 0 aromatic heterocycles. The molecule has 1 heterocycles. The molecule has 6 heteroatoms. The highest BCUT2D eigenvalue weighted by molar-refractivity contribution is 7.94. The third-order valence-corrected chi connectivity index (χ3v) is 3.59.